The molecule has 108 valence electrons. The van der Waals surface area contributed by atoms with Gasteiger partial charge in [-0.1, -0.05) is 0 Å². The maximum absolute atomic E-state index is 9.95. The summed E-state index contributed by atoms with van der Waals surface area (Å²) in [4.78, 5) is 0. The number of nitrogens with zero attached hydrogens (tertiary/aromatic N) is 1. The Morgan fingerprint density at radius 3 is 2.11 bits per heavy atom. The van der Waals surface area contributed by atoms with Gasteiger partial charge in [-0.3, -0.25) is 0 Å². The van der Waals surface area contributed by atoms with E-state index in [4.69, 9.17) is 9.84 Å². The molecule has 1 fully saturated rings. The minimum atomic E-state index is -1.32. The Hall–Kier alpha value is -0.280. The molecule has 0 bridgehead atoms. The van der Waals surface area contributed by atoms with Gasteiger partial charge in [-0.25, -0.2) is 0 Å². The molecule has 6 atom stereocenters. The minimum Gasteiger partial charge on any atom is -0.394 e. The third-order valence-corrected chi connectivity index (χ3v) is 3.41. The highest BCUT2D eigenvalue weighted by molar-refractivity contribution is 4.88. The van der Waals surface area contributed by atoms with Gasteiger partial charge in [-0.15, -0.1) is 0 Å². The topological polar surface area (TPSA) is 110 Å². The van der Waals surface area contributed by atoms with Gasteiger partial charge in [0.25, 0.3) is 0 Å². The van der Waals surface area contributed by atoms with Gasteiger partial charge < -0.3 is 34.8 Å². The molecule has 0 aromatic rings. The van der Waals surface area contributed by atoms with E-state index in [0.717, 1.165) is 0 Å². The van der Waals surface area contributed by atoms with Crippen LogP contribution in [-0.2, 0) is 4.74 Å². The van der Waals surface area contributed by atoms with Gasteiger partial charge in [0.1, 0.15) is 12.2 Å². The van der Waals surface area contributed by atoms with E-state index in [1.54, 1.807) is 21.1 Å². The van der Waals surface area contributed by atoms with Crippen LogP contribution in [0.3, 0.4) is 0 Å². The van der Waals surface area contributed by atoms with Crippen molar-refractivity contribution in [2.45, 2.75) is 37.3 Å². The van der Waals surface area contributed by atoms with E-state index in [1.807, 2.05) is 0 Å². The third-order valence-electron chi connectivity index (χ3n) is 3.41. The van der Waals surface area contributed by atoms with E-state index in [0.29, 0.717) is 0 Å². The molecular formula is C11H24NO6+. The maximum Gasteiger partial charge on any atom is 0.190 e. The summed E-state index contributed by atoms with van der Waals surface area (Å²) < 4.78 is 5.27. The summed E-state index contributed by atoms with van der Waals surface area (Å²) in [6.45, 7) is -0.486. The van der Waals surface area contributed by atoms with Crippen molar-refractivity contribution in [1.82, 2.24) is 0 Å². The molecule has 7 nitrogen and oxygen atoms in total. The van der Waals surface area contributed by atoms with E-state index < -0.39 is 43.4 Å². The summed E-state index contributed by atoms with van der Waals surface area (Å²) >= 11 is 0. The second kappa shape index (κ2) is 5.79. The standard InChI is InChI=1S/C11H24NO6/c1-12(2,3)8(14)4-6-9(15)10(16)7(5-13)18-11(6)17/h6-11,13-17H,4-5H2,1-3H3/q+1/t6?,7?,8?,9-,10+,11-/m1/s1. The zero-order valence-corrected chi connectivity index (χ0v) is 11.0. The summed E-state index contributed by atoms with van der Waals surface area (Å²) in [6, 6.07) is 0. The van der Waals surface area contributed by atoms with Crippen molar-refractivity contribution < 1.29 is 34.8 Å². The summed E-state index contributed by atoms with van der Waals surface area (Å²) in [5, 5.41) is 48.2. The van der Waals surface area contributed by atoms with Crippen molar-refractivity contribution in [3.05, 3.63) is 0 Å². The molecule has 18 heavy (non-hydrogen) atoms. The van der Waals surface area contributed by atoms with E-state index in [9.17, 15) is 20.4 Å². The van der Waals surface area contributed by atoms with Crippen LogP contribution in [0.4, 0.5) is 0 Å². The zero-order chi connectivity index (χ0) is 14.1. The van der Waals surface area contributed by atoms with Crippen LogP contribution < -0.4 is 0 Å². The van der Waals surface area contributed by atoms with Crippen molar-refractivity contribution in [3.63, 3.8) is 0 Å². The normalized spacial score (nSPS) is 39.7. The van der Waals surface area contributed by atoms with Crippen LogP contribution in [0.5, 0.6) is 0 Å². The van der Waals surface area contributed by atoms with Crippen LogP contribution in [0.1, 0.15) is 6.42 Å². The summed E-state index contributed by atoms with van der Waals surface area (Å²) in [7, 11) is 5.33. The second-order valence-corrected chi connectivity index (χ2v) is 5.73. The second-order valence-electron chi connectivity index (χ2n) is 5.73. The highest BCUT2D eigenvalue weighted by Gasteiger charge is 2.45. The molecule has 0 saturated carbocycles. The monoisotopic (exact) mass is 266 g/mol. The lowest BCUT2D eigenvalue weighted by atomic mass is 9.87. The van der Waals surface area contributed by atoms with Crippen molar-refractivity contribution in [2.24, 2.45) is 5.92 Å². The Labute approximate surface area is 106 Å². The molecule has 1 rings (SSSR count). The number of rotatable bonds is 4. The van der Waals surface area contributed by atoms with Gasteiger partial charge in [0.2, 0.25) is 0 Å². The Morgan fingerprint density at radius 1 is 1.11 bits per heavy atom. The van der Waals surface area contributed by atoms with E-state index >= 15 is 0 Å². The first-order valence-electron chi connectivity index (χ1n) is 5.98. The van der Waals surface area contributed by atoms with Crippen LogP contribution in [-0.4, -0.2) is 88.6 Å². The average molecular weight is 266 g/mol. The first-order chi connectivity index (χ1) is 8.18. The van der Waals surface area contributed by atoms with E-state index in [-0.39, 0.29) is 10.9 Å². The molecular weight excluding hydrogens is 242 g/mol. The number of aliphatic hydroxyl groups excluding tert-OH is 5. The third kappa shape index (κ3) is 3.39. The van der Waals surface area contributed by atoms with Gasteiger partial charge in [-0.2, -0.15) is 0 Å². The largest absolute Gasteiger partial charge is 0.394 e. The zero-order valence-electron chi connectivity index (χ0n) is 11.0. The maximum atomic E-state index is 9.95. The molecule has 5 N–H and O–H groups in total. The predicted molar refractivity (Wildman–Crippen MR) is 62.1 cm³/mol. The predicted octanol–water partition coefficient (Wildman–Crippen LogP) is -2.55. The van der Waals surface area contributed by atoms with E-state index in [1.165, 1.54) is 0 Å². The molecule has 7 heteroatoms. The van der Waals surface area contributed by atoms with Gasteiger partial charge in [0.15, 0.2) is 12.5 Å². The fourth-order valence-corrected chi connectivity index (χ4v) is 1.97. The van der Waals surface area contributed by atoms with Crippen molar-refractivity contribution >= 4 is 0 Å². The smallest absolute Gasteiger partial charge is 0.190 e. The molecule has 1 heterocycles. The molecule has 1 aliphatic heterocycles. The summed E-state index contributed by atoms with van der Waals surface area (Å²) in [5.74, 6) is -0.796. The molecule has 0 spiro atoms. The molecule has 0 aromatic heterocycles. The number of ether oxygens (including phenoxy) is 1. The first-order valence-corrected chi connectivity index (χ1v) is 5.98. The Balaban J connectivity index is 2.71. The quantitative estimate of drug-likeness (QED) is 0.283. The number of quaternary nitrogens is 1. The SMILES string of the molecule is C[N+](C)(C)C(O)CC1[C@H](O)OC(CO)[C@H](O)[C@@H]1O. The Morgan fingerprint density at radius 2 is 1.67 bits per heavy atom. The van der Waals surface area contributed by atoms with Crippen LogP contribution in [0.25, 0.3) is 0 Å². The van der Waals surface area contributed by atoms with Gasteiger partial charge in [0.05, 0.1) is 33.9 Å². The summed E-state index contributed by atoms with van der Waals surface area (Å²) in [6.07, 6.45) is -5.56. The summed E-state index contributed by atoms with van der Waals surface area (Å²) in [5.41, 5.74) is 0. The number of hydrogen-bond donors (Lipinski definition) is 5. The highest BCUT2D eigenvalue weighted by Crippen LogP contribution is 2.29. The van der Waals surface area contributed by atoms with Crippen molar-refractivity contribution in [2.75, 3.05) is 27.7 Å². The van der Waals surface area contributed by atoms with Crippen molar-refractivity contribution in [1.29, 1.82) is 0 Å². The molecule has 0 aromatic carbocycles. The van der Waals surface area contributed by atoms with Crippen LogP contribution in [0.2, 0.25) is 0 Å². The van der Waals surface area contributed by atoms with Gasteiger partial charge in [-0.05, 0) is 0 Å². The molecule has 0 radical (unpaired) electrons. The lowest BCUT2D eigenvalue weighted by Gasteiger charge is -2.42. The fraction of sp³-hybridized carbons (Fsp3) is 1.00. The molecule has 0 aliphatic carbocycles. The highest BCUT2D eigenvalue weighted by atomic mass is 16.6. The number of aliphatic hydroxyl groups is 5. The molecule has 0 amide bonds. The first kappa shape index (κ1) is 15.8. The average Bonchev–Trinajstić information content (AvgIpc) is 2.27. The van der Waals surface area contributed by atoms with Gasteiger partial charge >= 0.3 is 0 Å². The van der Waals surface area contributed by atoms with Crippen molar-refractivity contribution in [3.8, 4) is 0 Å². The molecule has 1 aliphatic rings. The Kier molecular flexibility index (Phi) is 5.07. The lowest BCUT2D eigenvalue weighted by molar-refractivity contribution is -0.919. The van der Waals surface area contributed by atoms with E-state index in [2.05, 4.69) is 0 Å². The van der Waals surface area contributed by atoms with Crippen LogP contribution in [0.15, 0.2) is 0 Å². The van der Waals surface area contributed by atoms with Crippen LogP contribution in [0, 0.1) is 5.92 Å². The molecule has 3 unspecified atom stereocenters. The Bertz CT molecular complexity index is 269. The minimum absolute atomic E-state index is 0.0844. The van der Waals surface area contributed by atoms with Gasteiger partial charge in [0, 0.05) is 12.3 Å². The lowest BCUT2D eigenvalue weighted by Crippen LogP contribution is -2.58. The molecule has 1 saturated heterocycles. The number of hydrogen-bond acceptors (Lipinski definition) is 6. The fourth-order valence-electron chi connectivity index (χ4n) is 1.97. The van der Waals surface area contributed by atoms with Crippen LogP contribution >= 0.6 is 0 Å².